The van der Waals surface area contributed by atoms with Crippen LogP contribution in [0, 0.1) is 11.7 Å². The maximum Gasteiger partial charge on any atom is 0.223 e. The summed E-state index contributed by atoms with van der Waals surface area (Å²) in [5, 5.41) is 6.49. The fourth-order valence-electron chi connectivity index (χ4n) is 3.77. The first-order valence-corrected chi connectivity index (χ1v) is 9.22. The number of nitrogens with one attached hydrogen (secondary N) is 2. The molecule has 0 spiro atoms. The molecular weight excluding hydrogens is 321 g/mol. The van der Waals surface area contributed by atoms with Crippen molar-refractivity contribution in [2.45, 2.75) is 31.8 Å². The molecule has 5 nitrogen and oxygen atoms in total. The fourth-order valence-corrected chi connectivity index (χ4v) is 3.77. The first-order chi connectivity index (χ1) is 12.1. The second-order valence-electron chi connectivity index (χ2n) is 7.04. The number of carbonyl (C=O) groups is 1. The summed E-state index contributed by atoms with van der Waals surface area (Å²) < 4.78 is 19.1. The maximum absolute atomic E-state index is 13.7. The first kappa shape index (κ1) is 18.3. The number of benzene rings is 1. The second-order valence-corrected chi connectivity index (χ2v) is 7.04. The van der Waals surface area contributed by atoms with Crippen molar-refractivity contribution in [3.8, 4) is 0 Å². The third-order valence-electron chi connectivity index (χ3n) is 5.18. The van der Waals surface area contributed by atoms with Crippen molar-refractivity contribution in [1.82, 2.24) is 15.5 Å². The smallest absolute Gasteiger partial charge is 0.223 e. The van der Waals surface area contributed by atoms with Crippen LogP contribution in [0.2, 0.25) is 0 Å². The number of hydrogen-bond donors (Lipinski definition) is 2. The quantitative estimate of drug-likeness (QED) is 0.850. The van der Waals surface area contributed by atoms with Crippen LogP contribution in [0.15, 0.2) is 24.3 Å². The standard InChI is InChI=1S/C19H28FN3O2/c1-14-11-16(5-6-21-14)19(24)22-13-18(23-7-9-25-10-8-23)15-3-2-4-17(20)12-15/h2-4,12,14,16,18,21H,5-11,13H2,1H3,(H,22,24)/t14-,16-,18?/m0/s1. The Hall–Kier alpha value is -1.50. The molecule has 2 fully saturated rings. The number of morpholine rings is 1. The van der Waals surface area contributed by atoms with E-state index in [9.17, 15) is 9.18 Å². The molecule has 1 aromatic carbocycles. The summed E-state index contributed by atoms with van der Waals surface area (Å²) in [5.74, 6) is -0.0635. The number of nitrogens with zero attached hydrogens (tertiary/aromatic N) is 1. The van der Waals surface area contributed by atoms with Gasteiger partial charge in [-0.3, -0.25) is 9.69 Å². The fraction of sp³-hybridized carbons (Fsp3) is 0.632. The molecular formula is C19H28FN3O2. The lowest BCUT2D eigenvalue weighted by atomic mass is 9.92. The number of piperidine rings is 1. The molecule has 2 heterocycles. The summed E-state index contributed by atoms with van der Waals surface area (Å²) in [6, 6.07) is 7.04. The normalized spacial score (nSPS) is 26.2. The van der Waals surface area contributed by atoms with Crippen molar-refractivity contribution in [3.63, 3.8) is 0 Å². The van der Waals surface area contributed by atoms with Crippen molar-refractivity contribution in [1.29, 1.82) is 0 Å². The second kappa shape index (κ2) is 8.74. The number of ether oxygens (including phenoxy) is 1. The van der Waals surface area contributed by atoms with Crippen LogP contribution >= 0.6 is 0 Å². The van der Waals surface area contributed by atoms with Crippen LogP contribution in [0.5, 0.6) is 0 Å². The summed E-state index contributed by atoms with van der Waals surface area (Å²) in [4.78, 5) is 14.8. The van der Waals surface area contributed by atoms with Gasteiger partial charge in [-0.15, -0.1) is 0 Å². The van der Waals surface area contributed by atoms with Gasteiger partial charge in [0.25, 0.3) is 0 Å². The predicted octanol–water partition coefficient (Wildman–Crippen LogP) is 1.70. The van der Waals surface area contributed by atoms with Crippen LogP contribution in [0.1, 0.15) is 31.4 Å². The molecule has 6 heteroatoms. The average Bonchev–Trinajstić information content (AvgIpc) is 2.63. The van der Waals surface area contributed by atoms with Crippen LogP contribution in [0.25, 0.3) is 0 Å². The number of rotatable bonds is 5. The number of carbonyl (C=O) groups excluding carboxylic acids is 1. The zero-order valence-electron chi connectivity index (χ0n) is 14.8. The Morgan fingerprint density at radius 2 is 2.24 bits per heavy atom. The van der Waals surface area contributed by atoms with E-state index < -0.39 is 0 Å². The highest BCUT2D eigenvalue weighted by atomic mass is 19.1. The maximum atomic E-state index is 13.7. The van der Waals surface area contributed by atoms with Crippen LogP contribution in [0.3, 0.4) is 0 Å². The van der Waals surface area contributed by atoms with Gasteiger partial charge in [0.05, 0.1) is 19.3 Å². The minimum atomic E-state index is -0.241. The number of halogens is 1. The van der Waals surface area contributed by atoms with Crippen molar-refractivity contribution < 1.29 is 13.9 Å². The van der Waals surface area contributed by atoms with Crippen LogP contribution in [-0.2, 0) is 9.53 Å². The molecule has 0 saturated carbocycles. The van der Waals surface area contributed by atoms with Crippen LogP contribution < -0.4 is 10.6 Å². The van der Waals surface area contributed by atoms with E-state index in [1.54, 1.807) is 12.1 Å². The largest absolute Gasteiger partial charge is 0.379 e. The minimum Gasteiger partial charge on any atom is -0.379 e. The highest BCUT2D eigenvalue weighted by Gasteiger charge is 2.27. The van der Waals surface area contributed by atoms with E-state index in [0.717, 1.165) is 38.0 Å². The Balaban J connectivity index is 1.66. The molecule has 1 unspecified atom stereocenters. The van der Waals surface area contributed by atoms with Gasteiger partial charge in [-0.1, -0.05) is 12.1 Å². The van der Waals surface area contributed by atoms with Gasteiger partial charge in [0.1, 0.15) is 5.82 Å². The van der Waals surface area contributed by atoms with E-state index in [2.05, 4.69) is 22.5 Å². The van der Waals surface area contributed by atoms with E-state index in [-0.39, 0.29) is 23.7 Å². The molecule has 2 aliphatic heterocycles. The van der Waals surface area contributed by atoms with Gasteiger partial charge in [-0.2, -0.15) is 0 Å². The molecule has 25 heavy (non-hydrogen) atoms. The van der Waals surface area contributed by atoms with Gasteiger partial charge in [-0.05, 0) is 44.0 Å². The van der Waals surface area contributed by atoms with Crippen molar-refractivity contribution >= 4 is 5.91 Å². The van der Waals surface area contributed by atoms with Crippen LogP contribution in [-0.4, -0.2) is 56.2 Å². The minimum absolute atomic E-state index is 0.0253. The molecule has 1 amide bonds. The molecule has 2 saturated heterocycles. The summed E-state index contributed by atoms with van der Waals surface area (Å²) >= 11 is 0. The van der Waals surface area contributed by atoms with Crippen molar-refractivity contribution in [3.05, 3.63) is 35.6 Å². The van der Waals surface area contributed by atoms with Gasteiger partial charge >= 0.3 is 0 Å². The Bertz CT molecular complexity index is 578. The van der Waals surface area contributed by atoms with Gasteiger partial charge in [0.15, 0.2) is 0 Å². The predicted molar refractivity (Wildman–Crippen MR) is 94.7 cm³/mol. The molecule has 3 atom stereocenters. The number of hydrogen-bond acceptors (Lipinski definition) is 4. The third-order valence-corrected chi connectivity index (χ3v) is 5.18. The molecule has 3 rings (SSSR count). The molecule has 1 aromatic rings. The van der Waals surface area contributed by atoms with Gasteiger partial charge in [0, 0.05) is 31.6 Å². The molecule has 0 aliphatic carbocycles. The lowest BCUT2D eigenvalue weighted by molar-refractivity contribution is -0.126. The molecule has 0 bridgehead atoms. The Kier molecular flexibility index (Phi) is 6.39. The molecule has 2 aliphatic rings. The Morgan fingerprint density at radius 3 is 2.96 bits per heavy atom. The van der Waals surface area contributed by atoms with E-state index in [1.165, 1.54) is 6.07 Å². The zero-order valence-corrected chi connectivity index (χ0v) is 14.8. The SMILES string of the molecule is C[C@H]1C[C@@H](C(=O)NCC(c2cccc(F)c2)N2CCOCC2)CCN1. The zero-order chi connectivity index (χ0) is 17.6. The summed E-state index contributed by atoms with van der Waals surface area (Å²) in [5.41, 5.74) is 0.904. The van der Waals surface area contributed by atoms with Crippen LogP contribution in [0.4, 0.5) is 4.39 Å². The lowest BCUT2D eigenvalue weighted by Gasteiger charge is -2.35. The van der Waals surface area contributed by atoms with Crippen molar-refractivity contribution in [2.75, 3.05) is 39.4 Å². The van der Waals surface area contributed by atoms with E-state index in [4.69, 9.17) is 4.74 Å². The molecule has 0 radical (unpaired) electrons. The van der Waals surface area contributed by atoms with Crippen molar-refractivity contribution in [2.24, 2.45) is 5.92 Å². The molecule has 0 aromatic heterocycles. The third kappa shape index (κ3) is 5.00. The van der Waals surface area contributed by atoms with Gasteiger partial charge in [-0.25, -0.2) is 4.39 Å². The van der Waals surface area contributed by atoms with E-state index >= 15 is 0 Å². The average molecular weight is 349 g/mol. The van der Waals surface area contributed by atoms with E-state index in [0.29, 0.717) is 25.8 Å². The Labute approximate surface area is 148 Å². The summed E-state index contributed by atoms with van der Waals surface area (Å²) in [6.45, 7) is 6.43. The highest BCUT2D eigenvalue weighted by Crippen LogP contribution is 2.23. The van der Waals surface area contributed by atoms with E-state index in [1.807, 2.05) is 6.07 Å². The number of amides is 1. The summed E-state index contributed by atoms with van der Waals surface area (Å²) in [6.07, 6.45) is 1.74. The molecule has 138 valence electrons. The first-order valence-electron chi connectivity index (χ1n) is 9.22. The van der Waals surface area contributed by atoms with Gasteiger partial charge < -0.3 is 15.4 Å². The lowest BCUT2D eigenvalue weighted by Crippen LogP contribution is -2.46. The topological polar surface area (TPSA) is 53.6 Å². The monoisotopic (exact) mass is 349 g/mol. The Morgan fingerprint density at radius 1 is 1.44 bits per heavy atom. The van der Waals surface area contributed by atoms with Gasteiger partial charge in [0.2, 0.25) is 5.91 Å². The molecule has 2 N–H and O–H groups in total. The highest BCUT2D eigenvalue weighted by molar-refractivity contribution is 5.78. The summed E-state index contributed by atoms with van der Waals surface area (Å²) in [7, 11) is 0.